The van der Waals surface area contributed by atoms with Crippen LogP contribution in [-0.4, -0.2) is 19.8 Å². The molecule has 0 fully saturated rings. The molecule has 3 nitrogen and oxygen atoms in total. The van der Waals surface area contributed by atoms with Gasteiger partial charge in [0.15, 0.2) is 0 Å². The molecule has 314 valence electrons. The second kappa shape index (κ2) is 49.3. The van der Waals surface area contributed by atoms with Crippen LogP contribution in [0.1, 0.15) is 290 Å². The van der Waals surface area contributed by atoms with Gasteiger partial charge in [-0.05, 0) is 19.3 Å². The quantitative estimate of drug-likeness (QED) is 0.0457. The molecule has 0 saturated carbocycles. The largest absolute Gasteiger partial charge is 0.332 e. The van der Waals surface area contributed by atoms with Gasteiger partial charge in [0.05, 0.1) is 19.8 Å². The highest BCUT2D eigenvalue weighted by Crippen LogP contribution is 2.40. The molecule has 0 radical (unpaired) electrons. The van der Waals surface area contributed by atoms with E-state index in [0.717, 1.165) is 39.1 Å². The maximum atomic E-state index is 6.21. The average Bonchev–Trinajstić information content (AvgIpc) is 3.15. The summed E-state index contributed by atoms with van der Waals surface area (Å²) in [4.78, 5) is 0. The van der Waals surface area contributed by atoms with E-state index in [2.05, 4.69) is 20.8 Å². The fourth-order valence-electron chi connectivity index (χ4n) is 7.42. The predicted molar refractivity (Wildman–Crippen MR) is 236 cm³/mol. The number of rotatable bonds is 48. The molecule has 0 heterocycles. The highest BCUT2D eigenvalue weighted by Gasteiger charge is 2.12. The van der Waals surface area contributed by atoms with Gasteiger partial charge >= 0.3 is 8.60 Å². The SMILES string of the molecule is CCCCCCCCCCCCCCCCOP(OCCCCCCCCCCCCCCCC)OCCCCCCCCCCCCCCCC. The molecule has 0 rings (SSSR count). The van der Waals surface area contributed by atoms with E-state index in [1.807, 2.05) is 0 Å². The molecular formula is C48H99O3P. The molecule has 0 aromatic carbocycles. The molecule has 52 heavy (non-hydrogen) atoms. The molecular weight excluding hydrogens is 655 g/mol. The Morgan fingerprint density at radius 2 is 0.327 bits per heavy atom. The van der Waals surface area contributed by atoms with Crippen molar-refractivity contribution in [3.8, 4) is 0 Å². The smallest absolute Gasteiger partial charge is 0.312 e. The van der Waals surface area contributed by atoms with Gasteiger partial charge in [-0.2, -0.15) is 0 Å². The zero-order valence-electron chi connectivity index (χ0n) is 36.5. The summed E-state index contributed by atoms with van der Waals surface area (Å²) in [7, 11) is -1.19. The van der Waals surface area contributed by atoms with Gasteiger partial charge in [-0.3, -0.25) is 0 Å². The Hall–Kier alpha value is 0.310. The molecule has 0 spiro atoms. The van der Waals surface area contributed by atoms with Crippen LogP contribution in [0.4, 0.5) is 0 Å². The minimum atomic E-state index is -1.19. The third-order valence-corrected chi connectivity index (χ3v) is 12.3. The van der Waals surface area contributed by atoms with Gasteiger partial charge in [-0.15, -0.1) is 0 Å². The van der Waals surface area contributed by atoms with Gasteiger partial charge in [0.2, 0.25) is 0 Å². The van der Waals surface area contributed by atoms with Gasteiger partial charge in [0.1, 0.15) is 0 Å². The topological polar surface area (TPSA) is 27.7 Å². The van der Waals surface area contributed by atoms with Crippen LogP contribution in [0.15, 0.2) is 0 Å². The van der Waals surface area contributed by atoms with Crippen molar-refractivity contribution in [2.24, 2.45) is 0 Å². The third kappa shape index (κ3) is 46.5. The van der Waals surface area contributed by atoms with Gasteiger partial charge in [-0.1, -0.05) is 271 Å². The van der Waals surface area contributed by atoms with Crippen LogP contribution in [-0.2, 0) is 13.6 Å². The second-order valence-corrected chi connectivity index (χ2v) is 17.7. The van der Waals surface area contributed by atoms with Crippen molar-refractivity contribution in [3.63, 3.8) is 0 Å². The molecule has 0 atom stereocenters. The first-order valence-corrected chi connectivity index (χ1v) is 25.6. The number of hydrogen-bond acceptors (Lipinski definition) is 3. The Morgan fingerprint density at radius 1 is 0.192 bits per heavy atom. The minimum absolute atomic E-state index is 0.793. The summed E-state index contributed by atoms with van der Waals surface area (Å²) in [5.74, 6) is 0. The molecule has 0 bridgehead atoms. The zero-order valence-corrected chi connectivity index (χ0v) is 37.4. The average molecular weight is 755 g/mol. The van der Waals surface area contributed by atoms with Crippen molar-refractivity contribution >= 4 is 8.60 Å². The first-order valence-electron chi connectivity index (χ1n) is 24.5. The summed E-state index contributed by atoms with van der Waals surface area (Å²) in [6, 6.07) is 0. The van der Waals surface area contributed by atoms with Gasteiger partial charge in [0.25, 0.3) is 0 Å². The molecule has 0 unspecified atom stereocenters. The summed E-state index contributed by atoms with van der Waals surface area (Å²) in [6.45, 7) is 9.29. The van der Waals surface area contributed by atoms with Crippen LogP contribution in [0.2, 0.25) is 0 Å². The van der Waals surface area contributed by atoms with Crippen molar-refractivity contribution < 1.29 is 13.6 Å². The molecule has 0 amide bonds. The van der Waals surface area contributed by atoms with E-state index in [0.29, 0.717) is 0 Å². The number of hydrogen-bond donors (Lipinski definition) is 0. The van der Waals surface area contributed by atoms with Crippen LogP contribution < -0.4 is 0 Å². The van der Waals surface area contributed by atoms with Crippen molar-refractivity contribution in [1.29, 1.82) is 0 Å². The molecule has 0 saturated heterocycles. The molecule has 0 aliphatic rings. The molecule has 0 aromatic rings. The first kappa shape index (κ1) is 52.3. The van der Waals surface area contributed by atoms with Crippen molar-refractivity contribution in [1.82, 2.24) is 0 Å². The van der Waals surface area contributed by atoms with Crippen LogP contribution in [0, 0.1) is 0 Å². The van der Waals surface area contributed by atoms with Crippen LogP contribution >= 0.6 is 8.60 Å². The van der Waals surface area contributed by atoms with E-state index in [4.69, 9.17) is 13.6 Å². The van der Waals surface area contributed by atoms with E-state index in [1.54, 1.807) is 0 Å². The predicted octanol–water partition coefficient (Wildman–Crippen LogP) is 18.7. The van der Waals surface area contributed by atoms with E-state index in [9.17, 15) is 0 Å². The monoisotopic (exact) mass is 755 g/mol. The van der Waals surface area contributed by atoms with Gasteiger partial charge < -0.3 is 13.6 Å². The Kier molecular flexibility index (Phi) is 49.6. The van der Waals surface area contributed by atoms with Crippen molar-refractivity contribution in [2.45, 2.75) is 290 Å². The van der Waals surface area contributed by atoms with Crippen LogP contribution in [0.3, 0.4) is 0 Å². The van der Waals surface area contributed by atoms with Crippen molar-refractivity contribution in [3.05, 3.63) is 0 Å². The zero-order chi connectivity index (χ0) is 37.5. The number of unbranched alkanes of at least 4 members (excludes halogenated alkanes) is 39. The summed E-state index contributed by atoms with van der Waals surface area (Å²) in [6.07, 6.45) is 58.3. The lowest BCUT2D eigenvalue weighted by Crippen LogP contribution is -2.00. The summed E-state index contributed by atoms with van der Waals surface area (Å²) < 4.78 is 18.6. The maximum Gasteiger partial charge on any atom is 0.332 e. The maximum absolute atomic E-state index is 6.21. The van der Waals surface area contributed by atoms with Crippen LogP contribution in [0.5, 0.6) is 0 Å². The third-order valence-electron chi connectivity index (χ3n) is 11.1. The molecule has 0 aliphatic heterocycles. The summed E-state index contributed by atoms with van der Waals surface area (Å²) in [5.41, 5.74) is 0. The highest BCUT2D eigenvalue weighted by atomic mass is 31.2. The lowest BCUT2D eigenvalue weighted by atomic mass is 10.0. The molecule has 0 aromatic heterocycles. The highest BCUT2D eigenvalue weighted by molar-refractivity contribution is 7.41. The second-order valence-electron chi connectivity index (χ2n) is 16.5. The summed E-state index contributed by atoms with van der Waals surface area (Å²) in [5, 5.41) is 0. The molecule has 0 aliphatic carbocycles. The lowest BCUT2D eigenvalue weighted by Gasteiger charge is -2.17. The van der Waals surface area contributed by atoms with E-state index in [1.165, 1.54) is 250 Å². The summed E-state index contributed by atoms with van der Waals surface area (Å²) >= 11 is 0. The standard InChI is InChI=1S/C48H99O3P/c1-4-7-10-13-16-19-22-25-28-31-34-37-40-43-46-49-52(50-47-44-41-38-35-32-29-26-23-20-17-14-11-8-5-2)51-48-45-42-39-36-33-30-27-24-21-18-15-12-9-6-3/h4-48H2,1-3H3. The molecule has 4 heteroatoms. The fourth-order valence-corrected chi connectivity index (χ4v) is 8.48. The Morgan fingerprint density at radius 3 is 0.481 bits per heavy atom. The van der Waals surface area contributed by atoms with Crippen molar-refractivity contribution in [2.75, 3.05) is 19.8 Å². The van der Waals surface area contributed by atoms with Gasteiger partial charge in [-0.25, -0.2) is 0 Å². The van der Waals surface area contributed by atoms with Gasteiger partial charge in [0, 0.05) is 0 Å². The normalized spacial score (nSPS) is 11.8. The fraction of sp³-hybridized carbons (Fsp3) is 1.00. The Balaban J connectivity index is 3.94. The Labute approximate surface area is 331 Å². The first-order chi connectivity index (χ1) is 25.8. The van der Waals surface area contributed by atoms with E-state index >= 15 is 0 Å². The van der Waals surface area contributed by atoms with Crippen LogP contribution in [0.25, 0.3) is 0 Å². The lowest BCUT2D eigenvalue weighted by molar-refractivity contribution is 0.153. The van der Waals surface area contributed by atoms with E-state index < -0.39 is 8.60 Å². The van der Waals surface area contributed by atoms with E-state index in [-0.39, 0.29) is 0 Å². The Bertz CT molecular complexity index is 521. The molecule has 0 N–H and O–H groups in total. The minimum Gasteiger partial charge on any atom is -0.312 e.